The molecule has 9 rings (SSSR count). The lowest BCUT2D eigenvalue weighted by atomic mass is 9.85. The molecule has 1 aromatic heterocycles. The van der Waals surface area contributed by atoms with E-state index in [1.54, 1.807) is 0 Å². The summed E-state index contributed by atoms with van der Waals surface area (Å²) in [5, 5.41) is 7.79. The quantitative estimate of drug-likeness (QED) is 0.152. The first-order chi connectivity index (χ1) is 30.8. The molecule has 0 aliphatic carbocycles. The molecule has 0 saturated carbocycles. The highest BCUT2D eigenvalue weighted by molar-refractivity contribution is 6.06. The minimum Gasteiger partial charge on any atom is -0.488 e. The minimum absolute atomic E-state index is 0.0119. The molecule has 7 atom stereocenters. The first kappa shape index (κ1) is 43.3. The number of carbonyl (C=O) groups is 4. The smallest absolute Gasteiger partial charge is 0.407 e. The zero-order valence-corrected chi connectivity index (χ0v) is 37.7. The van der Waals surface area contributed by atoms with Gasteiger partial charge in [0.1, 0.15) is 30.3 Å². The van der Waals surface area contributed by atoms with Crippen LogP contribution < -0.4 is 15.4 Å². The van der Waals surface area contributed by atoms with Crippen LogP contribution in [0.4, 0.5) is 15.3 Å². The number of aromatic amines is 1. The fourth-order valence-electron chi connectivity index (χ4n) is 10.9. The molecule has 3 aromatic carbocycles. The highest BCUT2D eigenvalue weighted by atomic mass is 16.5. The SMILES string of the molecule is COC(=O)N[C@H](C(=O)N1[C@@H](C)CC[C@H]1C1=Nc2ccc3cc4c(cc3c2C1)OCc1cc(-c2cnc([C@@H]3CCCN3C(=O)[C@@H](NC(=O)OC)C3C[C@@H](C)O[C@H](C)C3)[nH]2)ccc1-4)C(C)C. The van der Waals surface area contributed by atoms with E-state index in [1.165, 1.54) is 14.2 Å². The van der Waals surface area contributed by atoms with Gasteiger partial charge in [0.2, 0.25) is 11.8 Å². The maximum absolute atomic E-state index is 14.3. The van der Waals surface area contributed by atoms with E-state index in [0.29, 0.717) is 38.2 Å². The van der Waals surface area contributed by atoms with Gasteiger partial charge in [0.15, 0.2) is 0 Å². The number of amides is 4. The molecule has 0 radical (unpaired) electrons. The van der Waals surface area contributed by atoms with E-state index in [4.69, 9.17) is 28.9 Å². The maximum Gasteiger partial charge on any atom is 0.407 e. The molecule has 3 fully saturated rings. The second kappa shape index (κ2) is 17.5. The third kappa shape index (κ3) is 8.07. The van der Waals surface area contributed by atoms with Crippen LogP contribution in [0, 0.1) is 11.8 Å². The number of likely N-dealkylation sites (tertiary alicyclic amines) is 2. The van der Waals surface area contributed by atoms with Gasteiger partial charge in [-0.05, 0) is 128 Å². The molecule has 64 heavy (non-hydrogen) atoms. The molecule has 15 nitrogen and oxygen atoms in total. The number of fused-ring (bicyclic) bond motifs is 6. The average molecular weight is 874 g/mol. The lowest BCUT2D eigenvalue weighted by Gasteiger charge is -2.38. The van der Waals surface area contributed by atoms with Crippen molar-refractivity contribution in [3.63, 3.8) is 0 Å². The first-order valence-corrected chi connectivity index (χ1v) is 22.8. The molecule has 5 aliphatic rings. The van der Waals surface area contributed by atoms with Crippen LogP contribution in [0.5, 0.6) is 5.75 Å². The number of carbonyl (C=O) groups excluding carboxylic acids is 4. The van der Waals surface area contributed by atoms with Gasteiger partial charge in [0, 0.05) is 30.3 Å². The highest BCUT2D eigenvalue weighted by Crippen LogP contribution is 2.45. The number of aliphatic imine (C=N–C) groups is 1. The van der Waals surface area contributed by atoms with Crippen molar-refractivity contribution in [3.8, 4) is 28.1 Å². The number of benzene rings is 3. The summed E-state index contributed by atoms with van der Waals surface area (Å²) in [5.41, 5.74) is 8.00. The van der Waals surface area contributed by atoms with Crippen LogP contribution >= 0.6 is 0 Å². The number of imidazole rings is 1. The van der Waals surface area contributed by atoms with Crippen molar-refractivity contribution >= 4 is 46.2 Å². The Morgan fingerprint density at radius 3 is 2.39 bits per heavy atom. The Morgan fingerprint density at radius 1 is 0.875 bits per heavy atom. The van der Waals surface area contributed by atoms with E-state index in [1.807, 2.05) is 43.7 Å². The summed E-state index contributed by atoms with van der Waals surface area (Å²) < 4.78 is 22.2. The zero-order valence-electron chi connectivity index (χ0n) is 37.7. The molecule has 4 aromatic rings. The third-order valence-corrected chi connectivity index (χ3v) is 14.0. The number of rotatable bonds is 9. The molecule has 3 N–H and O–H groups in total. The van der Waals surface area contributed by atoms with Gasteiger partial charge in [-0.3, -0.25) is 14.6 Å². The zero-order chi connectivity index (χ0) is 45.0. The van der Waals surface area contributed by atoms with Crippen LogP contribution in [0.25, 0.3) is 33.2 Å². The van der Waals surface area contributed by atoms with Crippen LogP contribution in [0.1, 0.15) is 96.1 Å². The van der Waals surface area contributed by atoms with E-state index in [9.17, 15) is 19.2 Å². The normalized spacial score (nSPS) is 24.6. The van der Waals surface area contributed by atoms with E-state index in [0.717, 1.165) is 87.1 Å². The van der Waals surface area contributed by atoms with Gasteiger partial charge >= 0.3 is 12.2 Å². The Balaban J connectivity index is 0.924. The predicted molar refractivity (Wildman–Crippen MR) is 241 cm³/mol. The number of methoxy groups -OCH3 is 2. The lowest BCUT2D eigenvalue weighted by Crippen LogP contribution is -2.55. The van der Waals surface area contributed by atoms with Gasteiger partial charge in [-0.15, -0.1) is 0 Å². The molecule has 4 amide bonds. The molecule has 3 saturated heterocycles. The number of H-pyrrole nitrogens is 1. The van der Waals surface area contributed by atoms with Crippen LogP contribution in [0.3, 0.4) is 0 Å². The molecule has 0 spiro atoms. The topological polar surface area (TPSA) is 177 Å². The van der Waals surface area contributed by atoms with Crippen molar-refractivity contribution < 1.29 is 38.1 Å². The standard InChI is InChI=1S/C49H59N7O8/c1-25(2)43(53-48(59)61-6)47(58)56-26(3)10-15-40(56)38-21-35-34-22-42-36(20-29(34)12-14-37(35)51-38)33-13-11-30(19-32(33)24-63-42)39-23-50-45(52-39)41-9-8-16-55(41)46(57)44(54-49(60)62-7)31-17-27(4)64-28(5)18-31/h11-14,19-20,22-23,25-28,31,40-41,43-44H,8-10,15-18,21,24H2,1-7H3,(H,50,52)(H,53,59)(H,54,60)/t26-,27+,28+,40-,41-,43-,44-/m0/s1. The van der Waals surface area contributed by atoms with Crippen molar-refractivity contribution in [2.45, 2.75) is 129 Å². The lowest BCUT2D eigenvalue weighted by molar-refractivity contribution is -0.138. The van der Waals surface area contributed by atoms with Crippen molar-refractivity contribution in [3.05, 3.63) is 65.6 Å². The van der Waals surface area contributed by atoms with E-state index in [2.05, 4.69) is 65.0 Å². The van der Waals surface area contributed by atoms with E-state index in [-0.39, 0.29) is 54.0 Å². The van der Waals surface area contributed by atoms with Crippen LogP contribution in [-0.4, -0.2) is 107 Å². The Kier molecular flexibility index (Phi) is 11.9. The molecule has 0 unspecified atom stereocenters. The van der Waals surface area contributed by atoms with Crippen molar-refractivity contribution in [1.29, 1.82) is 0 Å². The summed E-state index contributed by atoms with van der Waals surface area (Å²) in [6, 6.07) is 13.1. The average Bonchev–Trinajstić information content (AvgIpc) is 4.12. The first-order valence-electron chi connectivity index (χ1n) is 22.8. The second-order valence-electron chi connectivity index (χ2n) is 18.6. The molecule has 5 aliphatic heterocycles. The number of nitrogens with zero attached hydrogens (tertiary/aromatic N) is 4. The molecule has 6 heterocycles. The van der Waals surface area contributed by atoms with Crippen LogP contribution in [0.2, 0.25) is 0 Å². The van der Waals surface area contributed by atoms with Gasteiger partial charge in [-0.2, -0.15) is 0 Å². The Hall–Kier alpha value is -5.96. The number of aromatic nitrogens is 2. The molecule has 15 heteroatoms. The minimum atomic E-state index is -0.727. The molecular formula is C49H59N7O8. The second-order valence-corrected chi connectivity index (χ2v) is 18.6. The number of hydrogen-bond donors (Lipinski definition) is 3. The van der Waals surface area contributed by atoms with Crippen molar-refractivity contribution in [2.24, 2.45) is 16.8 Å². The van der Waals surface area contributed by atoms with Gasteiger partial charge in [-0.25, -0.2) is 14.6 Å². The van der Waals surface area contributed by atoms with Crippen molar-refractivity contribution in [2.75, 3.05) is 20.8 Å². The summed E-state index contributed by atoms with van der Waals surface area (Å²) >= 11 is 0. The van der Waals surface area contributed by atoms with Gasteiger partial charge < -0.3 is 44.4 Å². The number of ether oxygens (including phenoxy) is 4. The van der Waals surface area contributed by atoms with Crippen LogP contribution in [-0.2, 0) is 36.8 Å². The summed E-state index contributed by atoms with van der Waals surface area (Å²) in [5.74, 6) is 1.09. The summed E-state index contributed by atoms with van der Waals surface area (Å²) in [7, 11) is 2.62. The summed E-state index contributed by atoms with van der Waals surface area (Å²) in [6.07, 6.45) is 5.76. The Labute approximate surface area is 373 Å². The largest absolute Gasteiger partial charge is 0.488 e. The van der Waals surface area contributed by atoms with Gasteiger partial charge in [-0.1, -0.05) is 32.0 Å². The highest BCUT2D eigenvalue weighted by Gasteiger charge is 2.44. The summed E-state index contributed by atoms with van der Waals surface area (Å²) in [6.45, 7) is 10.9. The molecule has 338 valence electrons. The van der Waals surface area contributed by atoms with E-state index < -0.39 is 24.3 Å². The Bertz CT molecular complexity index is 2510. The fourth-order valence-corrected chi connectivity index (χ4v) is 10.9. The van der Waals surface area contributed by atoms with Crippen molar-refractivity contribution in [1.82, 2.24) is 30.4 Å². The maximum atomic E-state index is 14.3. The van der Waals surface area contributed by atoms with E-state index >= 15 is 0 Å². The van der Waals surface area contributed by atoms with Gasteiger partial charge in [0.25, 0.3) is 0 Å². The predicted octanol–water partition coefficient (Wildman–Crippen LogP) is 7.77. The molecular weight excluding hydrogens is 815 g/mol. The third-order valence-electron chi connectivity index (χ3n) is 14.0. The molecule has 0 bridgehead atoms. The Morgan fingerprint density at radius 2 is 1.64 bits per heavy atom. The number of nitrogens with one attached hydrogen (secondary N) is 3. The number of hydrogen-bond acceptors (Lipinski definition) is 10. The number of alkyl carbamates (subject to hydrolysis) is 2. The summed E-state index contributed by atoms with van der Waals surface area (Å²) in [4.78, 5) is 70.2. The fraction of sp³-hybridized carbons (Fsp3) is 0.510. The monoisotopic (exact) mass is 873 g/mol. The van der Waals surface area contributed by atoms with Crippen LogP contribution in [0.15, 0.2) is 53.7 Å². The van der Waals surface area contributed by atoms with Gasteiger partial charge in [0.05, 0.1) is 56.1 Å².